The van der Waals surface area contributed by atoms with Crippen molar-refractivity contribution in [1.29, 1.82) is 0 Å². The fraction of sp³-hybridized carbons (Fsp3) is 0.250. The second-order valence-electron chi connectivity index (χ2n) is 6.54. The van der Waals surface area contributed by atoms with E-state index in [4.69, 9.17) is 0 Å². The second kappa shape index (κ2) is 7.25. The molecule has 0 aliphatic rings. The number of hydrogen-bond acceptors (Lipinski definition) is 5. The number of aromatic nitrogens is 3. The van der Waals surface area contributed by atoms with Gasteiger partial charge in [0.15, 0.2) is 5.65 Å². The van der Waals surface area contributed by atoms with Crippen LogP contribution in [0.1, 0.15) is 31.5 Å². The summed E-state index contributed by atoms with van der Waals surface area (Å²) in [7, 11) is 1.87. The minimum absolute atomic E-state index is 0.0170. The van der Waals surface area contributed by atoms with Gasteiger partial charge in [0.1, 0.15) is 0 Å². The van der Waals surface area contributed by atoms with Crippen LogP contribution < -0.4 is 0 Å². The Bertz CT molecular complexity index is 1050. The summed E-state index contributed by atoms with van der Waals surface area (Å²) >= 11 is 3.34. The summed E-state index contributed by atoms with van der Waals surface area (Å²) in [4.78, 5) is 22.4. The molecule has 5 nitrogen and oxygen atoms in total. The molecule has 4 aromatic rings. The normalized spacial score (nSPS) is 11.2. The fourth-order valence-corrected chi connectivity index (χ4v) is 4.73. The number of amides is 1. The first-order valence-electron chi connectivity index (χ1n) is 8.68. The predicted octanol–water partition coefficient (Wildman–Crippen LogP) is 4.55. The van der Waals surface area contributed by atoms with Gasteiger partial charge in [-0.15, -0.1) is 22.7 Å². The summed E-state index contributed by atoms with van der Waals surface area (Å²) < 4.78 is 1.75. The molecule has 1 amide bonds. The summed E-state index contributed by atoms with van der Waals surface area (Å²) in [5.74, 6) is 0.0170. The van der Waals surface area contributed by atoms with Crippen molar-refractivity contribution < 1.29 is 4.79 Å². The zero-order valence-electron chi connectivity index (χ0n) is 15.5. The minimum atomic E-state index is 0.0170. The lowest BCUT2D eigenvalue weighted by Gasteiger charge is -2.22. The first kappa shape index (κ1) is 17.9. The molecule has 0 atom stereocenters. The summed E-state index contributed by atoms with van der Waals surface area (Å²) in [5, 5.41) is 9.41. The number of hydrogen-bond donors (Lipinski definition) is 0. The van der Waals surface area contributed by atoms with E-state index in [1.807, 2.05) is 54.8 Å². The Morgan fingerprint density at radius 2 is 1.74 bits per heavy atom. The van der Waals surface area contributed by atoms with E-state index in [-0.39, 0.29) is 5.91 Å². The van der Waals surface area contributed by atoms with Crippen LogP contribution in [0, 0.1) is 13.8 Å². The Morgan fingerprint density at radius 3 is 2.30 bits per heavy atom. The highest BCUT2D eigenvalue weighted by atomic mass is 32.1. The van der Waals surface area contributed by atoms with Crippen LogP contribution in [0.4, 0.5) is 0 Å². The first-order valence-corrected chi connectivity index (χ1v) is 10.4. The quantitative estimate of drug-likeness (QED) is 0.497. The Hall–Kier alpha value is -2.51. The Labute approximate surface area is 165 Å². The number of pyridine rings is 1. The topological polar surface area (TPSA) is 51.0 Å². The van der Waals surface area contributed by atoms with Crippen molar-refractivity contribution in [3.8, 4) is 0 Å². The van der Waals surface area contributed by atoms with Gasteiger partial charge in [-0.25, -0.2) is 4.98 Å². The zero-order valence-corrected chi connectivity index (χ0v) is 17.1. The van der Waals surface area contributed by atoms with Gasteiger partial charge in [0, 0.05) is 22.5 Å². The Kier molecular flexibility index (Phi) is 4.80. The fourth-order valence-electron chi connectivity index (χ4n) is 3.29. The maximum absolute atomic E-state index is 13.6. The van der Waals surface area contributed by atoms with Crippen molar-refractivity contribution in [1.82, 2.24) is 19.7 Å². The zero-order chi connectivity index (χ0) is 19.0. The number of carbonyl (C=O) groups is 1. The molecule has 0 fully saturated rings. The molecule has 0 bridgehead atoms. The van der Waals surface area contributed by atoms with Gasteiger partial charge in [0.05, 0.1) is 29.7 Å². The lowest BCUT2D eigenvalue weighted by molar-refractivity contribution is 0.0735. The van der Waals surface area contributed by atoms with Crippen molar-refractivity contribution in [2.75, 3.05) is 0 Å². The van der Waals surface area contributed by atoms with Gasteiger partial charge in [-0.1, -0.05) is 12.1 Å². The number of aryl methyl sites for hydroxylation is 3. The molecule has 0 aliphatic heterocycles. The third-order valence-corrected chi connectivity index (χ3v) is 6.19. The lowest BCUT2D eigenvalue weighted by atomic mass is 10.1. The summed E-state index contributed by atoms with van der Waals surface area (Å²) in [6.45, 7) is 5.04. The molecule has 0 saturated carbocycles. The van der Waals surface area contributed by atoms with Crippen LogP contribution >= 0.6 is 22.7 Å². The second-order valence-corrected chi connectivity index (χ2v) is 8.60. The molecule has 0 N–H and O–H groups in total. The molecule has 0 aliphatic carbocycles. The van der Waals surface area contributed by atoms with Crippen LogP contribution in [-0.4, -0.2) is 25.6 Å². The first-order chi connectivity index (χ1) is 13.0. The molecule has 4 aromatic heterocycles. The molecular weight excluding hydrogens is 376 g/mol. The van der Waals surface area contributed by atoms with Crippen LogP contribution in [0.2, 0.25) is 0 Å². The number of carbonyl (C=O) groups excluding carboxylic acids is 1. The van der Waals surface area contributed by atoms with Crippen LogP contribution in [0.3, 0.4) is 0 Å². The van der Waals surface area contributed by atoms with Crippen LogP contribution in [-0.2, 0) is 20.1 Å². The molecule has 0 radical (unpaired) electrons. The number of nitrogens with zero attached hydrogens (tertiary/aromatic N) is 4. The smallest absolute Gasteiger partial charge is 0.255 e. The van der Waals surface area contributed by atoms with Crippen LogP contribution in [0.25, 0.3) is 11.0 Å². The van der Waals surface area contributed by atoms with E-state index in [1.165, 1.54) is 9.75 Å². The summed E-state index contributed by atoms with van der Waals surface area (Å²) in [6.07, 6.45) is 0. The van der Waals surface area contributed by atoms with Gasteiger partial charge in [-0.3, -0.25) is 9.48 Å². The van der Waals surface area contributed by atoms with Gasteiger partial charge >= 0.3 is 0 Å². The maximum Gasteiger partial charge on any atom is 0.255 e. The number of fused-ring (bicyclic) bond motifs is 1. The van der Waals surface area contributed by atoms with Crippen molar-refractivity contribution in [3.05, 3.63) is 67.8 Å². The van der Waals surface area contributed by atoms with Gasteiger partial charge in [-0.05, 0) is 42.8 Å². The average molecular weight is 397 g/mol. The average Bonchev–Trinajstić information content (AvgIpc) is 3.37. The summed E-state index contributed by atoms with van der Waals surface area (Å²) in [5.41, 5.74) is 3.08. The van der Waals surface area contributed by atoms with E-state index in [9.17, 15) is 4.79 Å². The summed E-state index contributed by atoms with van der Waals surface area (Å²) in [6, 6.07) is 10.1. The maximum atomic E-state index is 13.6. The van der Waals surface area contributed by atoms with Crippen molar-refractivity contribution in [2.24, 2.45) is 7.05 Å². The third-order valence-electron chi connectivity index (χ3n) is 4.47. The van der Waals surface area contributed by atoms with E-state index < -0.39 is 0 Å². The monoisotopic (exact) mass is 396 g/mol. The number of thiophene rings is 2. The van der Waals surface area contributed by atoms with E-state index in [0.29, 0.717) is 18.7 Å². The predicted molar refractivity (Wildman–Crippen MR) is 110 cm³/mol. The minimum Gasteiger partial charge on any atom is -0.328 e. The van der Waals surface area contributed by atoms with Gasteiger partial charge < -0.3 is 4.90 Å². The molecule has 4 heterocycles. The standard InChI is InChI=1S/C20H20N4OS2/c1-13-10-17(18-14(2)22-23(3)19(18)21-13)20(25)24(11-15-6-4-8-26-15)12-16-7-5-9-27-16/h4-10H,11-12H2,1-3H3. The molecule has 0 unspecified atom stereocenters. The Morgan fingerprint density at radius 1 is 1.11 bits per heavy atom. The molecular formula is C20H20N4OS2. The van der Waals surface area contributed by atoms with Gasteiger partial charge in [-0.2, -0.15) is 5.10 Å². The van der Waals surface area contributed by atoms with Gasteiger partial charge in [0.25, 0.3) is 5.91 Å². The van der Waals surface area contributed by atoms with E-state index in [2.05, 4.69) is 22.2 Å². The SMILES string of the molecule is Cc1cc(C(=O)N(Cc2cccs2)Cc2cccs2)c2c(C)nn(C)c2n1. The van der Waals surface area contributed by atoms with Crippen LogP contribution in [0.5, 0.6) is 0 Å². The van der Waals surface area contributed by atoms with Gasteiger partial charge in [0.2, 0.25) is 0 Å². The van der Waals surface area contributed by atoms with Crippen molar-refractivity contribution >= 4 is 39.6 Å². The number of rotatable bonds is 5. The lowest BCUT2D eigenvalue weighted by Crippen LogP contribution is -2.30. The van der Waals surface area contributed by atoms with E-state index >= 15 is 0 Å². The highest BCUT2D eigenvalue weighted by molar-refractivity contribution is 7.10. The largest absolute Gasteiger partial charge is 0.328 e. The van der Waals surface area contributed by atoms with Crippen LogP contribution in [0.15, 0.2) is 41.1 Å². The highest BCUT2D eigenvalue weighted by Gasteiger charge is 2.23. The van der Waals surface area contributed by atoms with Crippen molar-refractivity contribution in [2.45, 2.75) is 26.9 Å². The molecule has 4 rings (SSSR count). The van der Waals surface area contributed by atoms with Crippen molar-refractivity contribution in [3.63, 3.8) is 0 Å². The molecule has 0 saturated heterocycles. The molecule has 138 valence electrons. The highest BCUT2D eigenvalue weighted by Crippen LogP contribution is 2.25. The Balaban J connectivity index is 1.78. The third kappa shape index (κ3) is 3.52. The molecule has 7 heteroatoms. The molecule has 0 spiro atoms. The molecule has 0 aromatic carbocycles. The van der Waals surface area contributed by atoms with E-state index in [0.717, 1.165) is 22.4 Å². The van der Waals surface area contributed by atoms with E-state index in [1.54, 1.807) is 27.4 Å². The molecule has 27 heavy (non-hydrogen) atoms.